The van der Waals surface area contributed by atoms with E-state index in [-0.39, 0.29) is 11.9 Å². The van der Waals surface area contributed by atoms with E-state index in [0.717, 1.165) is 38.5 Å². The van der Waals surface area contributed by atoms with Crippen LogP contribution in [-0.2, 0) is 22.4 Å². The number of Topliss-reactive ketones (excluding diaryl/α,β-unsaturated/α-hetero) is 1. The summed E-state index contributed by atoms with van der Waals surface area (Å²) in [6.07, 6.45) is 7.95. The van der Waals surface area contributed by atoms with Gasteiger partial charge in [0, 0.05) is 12.3 Å². The molecular formula is C26H32O3. The average molecular weight is 393 g/mol. The molecule has 1 aliphatic carbocycles. The monoisotopic (exact) mass is 392 g/mol. The summed E-state index contributed by atoms with van der Waals surface area (Å²) >= 11 is 0. The van der Waals surface area contributed by atoms with Crippen LogP contribution in [0.3, 0.4) is 0 Å². The van der Waals surface area contributed by atoms with Crippen molar-refractivity contribution in [1.82, 2.24) is 0 Å². The Kier molecular flexibility index (Phi) is 7.62. The van der Waals surface area contributed by atoms with Gasteiger partial charge in [-0.05, 0) is 73.3 Å². The van der Waals surface area contributed by atoms with Crippen LogP contribution in [-0.4, -0.2) is 18.9 Å². The van der Waals surface area contributed by atoms with Gasteiger partial charge < -0.3 is 4.74 Å². The Morgan fingerprint density at radius 2 is 1.76 bits per heavy atom. The minimum atomic E-state index is -0.310. The normalized spacial score (nSPS) is 17.5. The Morgan fingerprint density at radius 3 is 2.48 bits per heavy atom. The molecule has 2 aromatic carbocycles. The number of ether oxygens (including phenoxy) is 1. The number of hydrogen-bond acceptors (Lipinski definition) is 3. The number of carbonyl (C=O) groups is 2. The third-order valence-corrected chi connectivity index (χ3v) is 6.25. The third kappa shape index (κ3) is 5.79. The van der Waals surface area contributed by atoms with Crippen LogP contribution in [0.25, 0.3) is 0 Å². The number of esters is 1. The number of carbonyl (C=O) groups excluding carboxylic acids is 2. The third-order valence-electron chi connectivity index (χ3n) is 6.25. The zero-order valence-corrected chi connectivity index (χ0v) is 17.7. The minimum absolute atomic E-state index is 0.172. The second-order valence-corrected chi connectivity index (χ2v) is 8.29. The van der Waals surface area contributed by atoms with Crippen molar-refractivity contribution in [1.29, 1.82) is 0 Å². The highest BCUT2D eigenvalue weighted by Crippen LogP contribution is 2.27. The van der Waals surface area contributed by atoms with Gasteiger partial charge in [-0.1, -0.05) is 49.7 Å². The molecule has 0 amide bonds. The molecule has 0 N–H and O–H groups in total. The fourth-order valence-corrected chi connectivity index (χ4v) is 4.37. The molecule has 2 unspecified atom stereocenters. The molecule has 0 saturated carbocycles. The van der Waals surface area contributed by atoms with Crippen LogP contribution < -0.4 is 0 Å². The lowest BCUT2D eigenvalue weighted by Crippen LogP contribution is -2.19. The maximum atomic E-state index is 12.9. The van der Waals surface area contributed by atoms with Crippen molar-refractivity contribution in [2.45, 2.75) is 64.2 Å². The van der Waals surface area contributed by atoms with Gasteiger partial charge in [0.1, 0.15) is 5.78 Å². The first-order chi connectivity index (χ1) is 14.1. The number of methoxy groups -OCH3 is 1. The van der Waals surface area contributed by atoms with Crippen LogP contribution in [0, 0.1) is 5.92 Å². The molecule has 0 bridgehead atoms. The molecule has 0 spiro atoms. The molecule has 0 fully saturated rings. The molecule has 154 valence electrons. The van der Waals surface area contributed by atoms with Crippen LogP contribution in [0.15, 0.2) is 48.5 Å². The van der Waals surface area contributed by atoms with Gasteiger partial charge in [0.25, 0.3) is 0 Å². The summed E-state index contributed by atoms with van der Waals surface area (Å²) in [5.41, 5.74) is 4.56. The highest BCUT2D eigenvalue weighted by atomic mass is 16.5. The van der Waals surface area contributed by atoms with Crippen molar-refractivity contribution in [2.24, 2.45) is 5.92 Å². The van der Waals surface area contributed by atoms with Crippen LogP contribution >= 0.6 is 0 Å². The van der Waals surface area contributed by atoms with Gasteiger partial charge in [0.2, 0.25) is 0 Å². The number of rotatable bonds is 7. The van der Waals surface area contributed by atoms with Crippen molar-refractivity contribution in [2.75, 3.05) is 7.11 Å². The molecule has 0 heterocycles. The topological polar surface area (TPSA) is 43.4 Å². The summed E-state index contributed by atoms with van der Waals surface area (Å²) < 4.78 is 4.75. The first-order valence-electron chi connectivity index (χ1n) is 10.9. The second kappa shape index (κ2) is 10.4. The van der Waals surface area contributed by atoms with E-state index < -0.39 is 0 Å². The maximum Gasteiger partial charge on any atom is 0.337 e. The SMILES string of the molecule is COC(=O)c1ccc(C(C)CCCC(=O)C2CCCCc3ccccc3C2)cc1. The minimum Gasteiger partial charge on any atom is -0.465 e. The first-order valence-corrected chi connectivity index (χ1v) is 10.9. The predicted octanol–water partition coefficient (Wildman–Crippen LogP) is 5.90. The van der Waals surface area contributed by atoms with E-state index >= 15 is 0 Å². The van der Waals surface area contributed by atoms with Gasteiger partial charge in [0.15, 0.2) is 0 Å². The molecule has 0 radical (unpaired) electrons. The van der Waals surface area contributed by atoms with E-state index in [0.29, 0.717) is 23.7 Å². The zero-order valence-electron chi connectivity index (χ0n) is 17.7. The van der Waals surface area contributed by atoms with Gasteiger partial charge in [-0.15, -0.1) is 0 Å². The van der Waals surface area contributed by atoms with Crippen LogP contribution in [0.1, 0.15) is 78.4 Å². The fraction of sp³-hybridized carbons (Fsp3) is 0.462. The number of ketones is 1. The number of aryl methyl sites for hydroxylation is 1. The largest absolute Gasteiger partial charge is 0.465 e. The lowest BCUT2D eigenvalue weighted by Gasteiger charge is -2.21. The van der Waals surface area contributed by atoms with E-state index in [1.165, 1.54) is 30.2 Å². The molecule has 3 nitrogen and oxygen atoms in total. The molecule has 3 heteroatoms. The number of benzene rings is 2. The Labute approximate surface area is 174 Å². The molecule has 2 atom stereocenters. The quantitative estimate of drug-likeness (QED) is 0.551. The first kappa shape index (κ1) is 21.3. The summed E-state index contributed by atoms with van der Waals surface area (Å²) in [5.74, 6) is 0.657. The lowest BCUT2D eigenvalue weighted by atomic mass is 9.83. The van der Waals surface area contributed by atoms with E-state index in [2.05, 4.69) is 31.2 Å². The van der Waals surface area contributed by atoms with Gasteiger partial charge in [-0.25, -0.2) is 4.79 Å². The van der Waals surface area contributed by atoms with Crippen molar-refractivity contribution in [3.63, 3.8) is 0 Å². The Balaban J connectivity index is 1.51. The zero-order chi connectivity index (χ0) is 20.6. The van der Waals surface area contributed by atoms with Gasteiger partial charge in [-0.2, -0.15) is 0 Å². The summed E-state index contributed by atoms with van der Waals surface area (Å²) in [7, 11) is 1.39. The fourth-order valence-electron chi connectivity index (χ4n) is 4.37. The highest BCUT2D eigenvalue weighted by molar-refractivity contribution is 5.89. The second-order valence-electron chi connectivity index (χ2n) is 8.29. The summed E-state index contributed by atoms with van der Waals surface area (Å²) in [5, 5.41) is 0. The lowest BCUT2D eigenvalue weighted by molar-refractivity contribution is -0.123. The van der Waals surface area contributed by atoms with Crippen LogP contribution in [0.5, 0.6) is 0 Å². The van der Waals surface area contributed by atoms with Crippen LogP contribution in [0.2, 0.25) is 0 Å². The molecule has 3 rings (SSSR count). The van der Waals surface area contributed by atoms with E-state index in [1.54, 1.807) is 0 Å². The van der Waals surface area contributed by atoms with E-state index in [1.807, 2.05) is 24.3 Å². The maximum absolute atomic E-state index is 12.9. The summed E-state index contributed by atoms with van der Waals surface area (Å²) in [6.45, 7) is 2.18. The molecule has 0 aromatic heterocycles. The van der Waals surface area contributed by atoms with Crippen molar-refractivity contribution < 1.29 is 14.3 Å². The summed E-state index contributed by atoms with van der Waals surface area (Å²) in [4.78, 5) is 24.4. The van der Waals surface area contributed by atoms with Crippen LogP contribution in [0.4, 0.5) is 0 Å². The number of hydrogen-bond donors (Lipinski definition) is 0. The Hall–Kier alpha value is -2.42. The smallest absolute Gasteiger partial charge is 0.337 e. The molecule has 29 heavy (non-hydrogen) atoms. The standard InChI is InChI=1S/C26H32O3/c1-19(20-14-16-22(17-15-20)26(28)29-2)8-7-13-25(27)24-12-6-4-10-21-9-3-5-11-23(21)18-24/h3,5,9,11,14-17,19,24H,4,6-8,10,12-13,18H2,1-2H3. The molecule has 2 aromatic rings. The van der Waals surface area contributed by atoms with Gasteiger partial charge >= 0.3 is 5.97 Å². The van der Waals surface area contributed by atoms with Crippen molar-refractivity contribution in [3.05, 3.63) is 70.8 Å². The molecule has 1 aliphatic rings. The number of fused-ring (bicyclic) bond motifs is 1. The molecule has 0 aliphatic heterocycles. The van der Waals surface area contributed by atoms with Crippen molar-refractivity contribution in [3.8, 4) is 0 Å². The average Bonchev–Trinajstić information content (AvgIpc) is 2.73. The Morgan fingerprint density at radius 1 is 1.03 bits per heavy atom. The van der Waals surface area contributed by atoms with E-state index in [4.69, 9.17) is 4.74 Å². The van der Waals surface area contributed by atoms with Gasteiger partial charge in [0.05, 0.1) is 12.7 Å². The van der Waals surface area contributed by atoms with Gasteiger partial charge in [-0.3, -0.25) is 4.79 Å². The Bertz CT molecular complexity index is 822. The predicted molar refractivity (Wildman–Crippen MR) is 116 cm³/mol. The van der Waals surface area contributed by atoms with E-state index in [9.17, 15) is 9.59 Å². The molecular weight excluding hydrogens is 360 g/mol. The molecule has 0 saturated heterocycles. The highest BCUT2D eigenvalue weighted by Gasteiger charge is 2.21. The van der Waals surface area contributed by atoms with Crippen molar-refractivity contribution >= 4 is 11.8 Å². The summed E-state index contributed by atoms with van der Waals surface area (Å²) in [6, 6.07) is 16.2.